The molecule has 0 unspecified atom stereocenters. The Kier molecular flexibility index (Phi) is 4.88. The SMILES string of the molecule is C[C@H](Br)C(Br)(Br)CBr. The van der Waals surface area contributed by atoms with Gasteiger partial charge in [-0.3, -0.25) is 0 Å². The smallest absolute Gasteiger partial charge is 0.0903 e. The van der Waals surface area contributed by atoms with Gasteiger partial charge in [0, 0.05) is 10.2 Å². The van der Waals surface area contributed by atoms with Crippen molar-refractivity contribution in [2.45, 2.75) is 15.0 Å². The normalized spacial score (nSPS) is 16.1. The number of halogens is 4. The lowest BCUT2D eigenvalue weighted by Gasteiger charge is -2.19. The van der Waals surface area contributed by atoms with E-state index >= 15 is 0 Å². The van der Waals surface area contributed by atoms with Gasteiger partial charge in [0.05, 0.1) is 0 Å². The summed E-state index contributed by atoms with van der Waals surface area (Å²) in [5.41, 5.74) is 0. The standard InChI is InChI=1S/C4H6Br4/c1-3(6)4(7,8)2-5/h3H,2H2,1H3/t3-/m0/s1. The first-order valence-corrected chi connectivity index (χ1v) is 5.71. The molecule has 0 heterocycles. The molecule has 0 rings (SSSR count). The number of hydrogen-bond acceptors (Lipinski definition) is 0. The summed E-state index contributed by atoms with van der Waals surface area (Å²) in [5, 5.41) is 0.881. The van der Waals surface area contributed by atoms with Crippen molar-refractivity contribution in [3.05, 3.63) is 0 Å². The van der Waals surface area contributed by atoms with Crippen LogP contribution in [0.3, 0.4) is 0 Å². The molecule has 50 valence electrons. The molecule has 0 fully saturated rings. The molecule has 0 amide bonds. The minimum Gasteiger partial charge on any atom is -0.0903 e. The van der Waals surface area contributed by atoms with Crippen molar-refractivity contribution in [3.8, 4) is 0 Å². The van der Waals surface area contributed by atoms with E-state index in [4.69, 9.17) is 0 Å². The van der Waals surface area contributed by atoms with E-state index in [1.54, 1.807) is 0 Å². The van der Waals surface area contributed by atoms with Crippen molar-refractivity contribution in [1.29, 1.82) is 0 Å². The van der Waals surface area contributed by atoms with E-state index in [0.717, 1.165) is 5.33 Å². The predicted molar refractivity (Wildman–Crippen MR) is 52.8 cm³/mol. The number of rotatable bonds is 2. The molecule has 8 heavy (non-hydrogen) atoms. The van der Waals surface area contributed by atoms with Crippen LogP contribution in [0.15, 0.2) is 0 Å². The summed E-state index contributed by atoms with van der Waals surface area (Å²) in [7, 11) is 0. The Morgan fingerprint density at radius 1 is 1.50 bits per heavy atom. The third-order valence-electron chi connectivity index (χ3n) is 0.760. The molecule has 0 saturated carbocycles. The van der Waals surface area contributed by atoms with Gasteiger partial charge in [-0.05, 0) is 0 Å². The topological polar surface area (TPSA) is 0 Å². The van der Waals surface area contributed by atoms with Crippen LogP contribution in [-0.2, 0) is 0 Å². The summed E-state index contributed by atoms with van der Waals surface area (Å²) in [6, 6.07) is 0. The first-order valence-electron chi connectivity index (χ1n) is 2.08. The Morgan fingerprint density at radius 3 is 1.88 bits per heavy atom. The van der Waals surface area contributed by atoms with Crippen molar-refractivity contribution in [2.24, 2.45) is 0 Å². The van der Waals surface area contributed by atoms with Crippen molar-refractivity contribution < 1.29 is 0 Å². The lowest BCUT2D eigenvalue weighted by Crippen LogP contribution is -2.23. The van der Waals surface area contributed by atoms with Crippen molar-refractivity contribution >= 4 is 63.7 Å². The fourth-order valence-electron chi connectivity index (χ4n) is 0.106. The molecule has 0 aliphatic heterocycles. The van der Waals surface area contributed by atoms with Gasteiger partial charge >= 0.3 is 0 Å². The Labute approximate surface area is 83.3 Å². The molecular formula is C4H6Br4. The summed E-state index contributed by atoms with van der Waals surface area (Å²) in [5.74, 6) is 0. The summed E-state index contributed by atoms with van der Waals surface area (Å²) in [4.78, 5) is 0.411. The quantitative estimate of drug-likeness (QED) is 0.648. The van der Waals surface area contributed by atoms with E-state index in [1.165, 1.54) is 0 Å². The molecule has 0 aliphatic carbocycles. The molecule has 0 aliphatic rings. The van der Waals surface area contributed by atoms with Crippen molar-refractivity contribution in [2.75, 3.05) is 5.33 Å². The van der Waals surface area contributed by atoms with Gasteiger partial charge in [-0.15, -0.1) is 0 Å². The molecule has 0 N–H and O–H groups in total. The van der Waals surface area contributed by atoms with Gasteiger partial charge in [-0.2, -0.15) is 0 Å². The number of hydrogen-bond donors (Lipinski definition) is 0. The van der Waals surface area contributed by atoms with Crippen LogP contribution in [0.2, 0.25) is 0 Å². The second-order valence-corrected chi connectivity index (χ2v) is 7.34. The van der Waals surface area contributed by atoms with Crippen LogP contribution in [-0.4, -0.2) is 13.4 Å². The third-order valence-corrected chi connectivity index (χ3v) is 7.09. The average molecular weight is 374 g/mol. The van der Waals surface area contributed by atoms with E-state index < -0.39 is 0 Å². The van der Waals surface area contributed by atoms with E-state index in [9.17, 15) is 0 Å². The zero-order chi connectivity index (χ0) is 6.78. The molecule has 4 heteroatoms. The Balaban J connectivity index is 3.71. The molecule has 0 aromatic heterocycles. The summed E-state index contributed by atoms with van der Waals surface area (Å²) in [6.45, 7) is 2.07. The van der Waals surface area contributed by atoms with Gasteiger partial charge in [0.1, 0.15) is 3.23 Å². The maximum Gasteiger partial charge on any atom is 0.102 e. The van der Waals surface area contributed by atoms with Crippen LogP contribution in [0.4, 0.5) is 0 Å². The van der Waals surface area contributed by atoms with Gasteiger partial charge < -0.3 is 0 Å². The van der Waals surface area contributed by atoms with Crippen LogP contribution in [0.25, 0.3) is 0 Å². The second kappa shape index (κ2) is 3.94. The fourth-order valence-corrected chi connectivity index (χ4v) is 1.19. The second-order valence-electron chi connectivity index (χ2n) is 1.51. The monoisotopic (exact) mass is 370 g/mol. The highest BCUT2D eigenvalue weighted by Gasteiger charge is 2.26. The van der Waals surface area contributed by atoms with Crippen LogP contribution in [0.1, 0.15) is 6.92 Å². The summed E-state index contributed by atoms with van der Waals surface area (Å²) >= 11 is 13.7. The maximum absolute atomic E-state index is 3.47. The predicted octanol–water partition coefficient (Wildman–Crippen LogP) is 3.65. The molecule has 1 atom stereocenters. The van der Waals surface area contributed by atoms with Crippen LogP contribution >= 0.6 is 63.7 Å². The van der Waals surface area contributed by atoms with Crippen molar-refractivity contribution in [1.82, 2.24) is 0 Å². The lowest BCUT2D eigenvalue weighted by molar-refractivity contribution is 0.931. The molecule has 0 bridgehead atoms. The first kappa shape index (κ1) is 9.92. The first-order chi connectivity index (χ1) is 3.50. The molecule has 0 nitrogen and oxygen atoms in total. The zero-order valence-corrected chi connectivity index (χ0v) is 10.6. The molecule has 0 radical (unpaired) electrons. The zero-order valence-electron chi connectivity index (χ0n) is 4.30. The van der Waals surface area contributed by atoms with Gasteiger partial charge in [0.15, 0.2) is 0 Å². The molecule has 0 saturated heterocycles. The van der Waals surface area contributed by atoms with Crippen LogP contribution < -0.4 is 0 Å². The van der Waals surface area contributed by atoms with Gasteiger partial charge in [0.25, 0.3) is 0 Å². The molecule has 0 aromatic rings. The minimum absolute atomic E-state index is 0. The van der Waals surface area contributed by atoms with Crippen LogP contribution in [0, 0.1) is 0 Å². The van der Waals surface area contributed by atoms with Gasteiger partial charge in [-0.25, -0.2) is 0 Å². The number of alkyl halides is 4. The summed E-state index contributed by atoms with van der Waals surface area (Å²) < 4.78 is 0. The fraction of sp³-hybridized carbons (Fsp3) is 1.00. The Morgan fingerprint density at radius 2 is 1.88 bits per heavy atom. The average Bonchev–Trinajstić information content (AvgIpc) is 1.67. The summed E-state index contributed by atoms with van der Waals surface area (Å²) in [6.07, 6.45) is 0. The van der Waals surface area contributed by atoms with E-state index in [2.05, 4.69) is 70.6 Å². The highest BCUT2D eigenvalue weighted by Crippen LogP contribution is 2.35. The molecular weight excluding hydrogens is 368 g/mol. The Bertz CT molecular complexity index is 68.4. The van der Waals surface area contributed by atoms with E-state index in [1.807, 2.05) is 0 Å². The van der Waals surface area contributed by atoms with Gasteiger partial charge in [0.2, 0.25) is 0 Å². The Hall–Kier alpha value is 1.92. The molecule has 0 spiro atoms. The van der Waals surface area contributed by atoms with E-state index in [-0.39, 0.29) is 3.23 Å². The highest BCUT2D eigenvalue weighted by molar-refractivity contribution is 9.27. The maximum atomic E-state index is 3.47. The van der Waals surface area contributed by atoms with Crippen LogP contribution in [0.5, 0.6) is 0 Å². The highest BCUT2D eigenvalue weighted by atomic mass is 79.9. The lowest BCUT2D eigenvalue weighted by atomic mass is 10.4. The molecule has 0 aromatic carbocycles. The van der Waals surface area contributed by atoms with Gasteiger partial charge in [-0.1, -0.05) is 70.6 Å². The van der Waals surface area contributed by atoms with Crippen molar-refractivity contribution in [3.63, 3.8) is 0 Å². The largest absolute Gasteiger partial charge is 0.102 e. The third kappa shape index (κ3) is 3.18. The van der Waals surface area contributed by atoms with E-state index in [0.29, 0.717) is 4.83 Å². The minimum atomic E-state index is 0.